The normalized spacial score (nSPS) is 13.2. The molecule has 0 aliphatic carbocycles. The zero-order valence-electron chi connectivity index (χ0n) is 18.4. The van der Waals surface area contributed by atoms with E-state index < -0.39 is 0 Å². The average molecular weight is 475 g/mol. The molecule has 0 unspecified atom stereocenters. The molecule has 1 aliphatic heterocycles. The quantitative estimate of drug-likeness (QED) is 0.326. The molecule has 5 heterocycles. The standard InChI is InChI=1S/C23H22N8O2S/c1-14-3-2-4-17(27-14)21-25-7-5-18(29-21)28-19-6-8-26-23(30-19)31-20-9-16(13-34-20)22(32)33-12-15-10-24-11-15/h2-9,13,15,24H,10-12H2,1H3,(H2,25,26,28,29,30,31). The van der Waals surface area contributed by atoms with Gasteiger partial charge >= 0.3 is 5.97 Å². The van der Waals surface area contributed by atoms with Crippen LogP contribution in [0.3, 0.4) is 0 Å². The molecule has 34 heavy (non-hydrogen) atoms. The largest absolute Gasteiger partial charge is 0.462 e. The smallest absolute Gasteiger partial charge is 0.339 e. The van der Waals surface area contributed by atoms with Crippen LogP contribution in [0.5, 0.6) is 0 Å². The van der Waals surface area contributed by atoms with Crippen molar-refractivity contribution in [2.24, 2.45) is 5.92 Å². The van der Waals surface area contributed by atoms with Crippen molar-refractivity contribution in [3.8, 4) is 11.5 Å². The molecule has 11 heteroatoms. The van der Waals surface area contributed by atoms with E-state index in [0.717, 1.165) is 23.8 Å². The van der Waals surface area contributed by atoms with Crippen molar-refractivity contribution < 1.29 is 9.53 Å². The van der Waals surface area contributed by atoms with Crippen LogP contribution in [0.1, 0.15) is 16.1 Å². The van der Waals surface area contributed by atoms with Gasteiger partial charge in [-0.25, -0.2) is 24.7 Å². The summed E-state index contributed by atoms with van der Waals surface area (Å²) in [5, 5.41) is 12.0. The summed E-state index contributed by atoms with van der Waals surface area (Å²) in [6.45, 7) is 4.15. The molecule has 1 fully saturated rings. The van der Waals surface area contributed by atoms with Crippen LogP contribution in [0.25, 0.3) is 11.5 Å². The summed E-state index contributed by atoms with van der Waals surface area (Å²) in [7, 11) is 0. The number of ether oxygens (including phenoxy) is 1. The molecule has 0 amide bonds. The lowest BCUT2D eigenvalue weighted by Gasteiger charge is -2.26. The summed E-state index contributed by atoms with van der Waals surface area (Å²) in [6, 6.07) is 10.9. The van der Waals surface area contributed by atoms with Gasteiger partial charge in [0.05, 0.1) is 17.2 Å². The summed E-state index contributed by atoms with van der Waals surface area (Å²) in [4.78, 5) is 34.3. The highest BCUT2D eigenvalue weighted by Gasteiger charge is 2.19. The van der Waals surface area contributed by atoms with Gasteiger partial charge in [0.25, 0.3) is 0 Å². The molecule has 0 atom stereocenters. The van der Waals surface area contributed by atoms with E-state index >= 15 is 0 Å². The van der Waals surface area contributed by atoms with Crippen molar-refractivity contribution in [1.82, 2.24) is 30.2 Å². The molecule has 3 N–H and O–H groups in total. The number of rotatable bonds is 8. The molecule has 5 rings (SSSR count). The van der Waals surface area contributed by atoms with Gasteiger partial charge in [-0.3, -0.25) is 0 Å². The summed E-state index contributed by atoms with van der Waals surface area (Å²) in [5.41, 5.74) is 2.10. The molecule has 1 saturated heterocycles. The fraction of sp³-hybridized carbons (Fsp3) is 0.217. The number of aryl methyl sites for hydroxylation is 1. The second-order valence-electron chi connectivity index (χ2n) is 7.77. The van der Waals surface area contributed by atoms with Gasteiger partial charge in [0.2, 0.25) is 5.95 Å². The zero-order chi connectivity index (χ0) is 23.3. The van der Waals surface area contributed by atoms with Crippen molar-refractivity contribution >= 4 is 39.9 Å². The maximum absolute atomic E-state index is 12.2. The SMILES string of the molecule is Cc1cccc(-c2nccc(Nc3ccnc(Nc4cc(C(=O)OCC5CNC5)cs4)n3)n2)n1. The summed E-state index contributed by atoms with van der Waals surface area (Å²) in [6.07, 6.45) is 3.31. The average Bonchev–Trinajstić information content (AvgIpc) is 3.27. The van der Waals surface area contributed by atoms with Crippen LogP contribution in [0, 0.1) is 12.8 Å². The number of anilines is 4. The van der Waals surface area contributed by atoms with Crippen molar-refractivity contribution in [2.75, 3.05) is 30.3 Å². The van der Waals surface area contributed by atoms with Crippen molar-refractivity contribution in [3.05, 3.63) is 65.4 Å². The summed E-state index contributed by atoms with van der Waals surface area (Å²) >= 11 is 1.38. The minimum atomic E-state index is -0.324. The van der Waals surface area contributed by atoms with Gasteiger partial charge in [-0.05, 0) is 37.3 Å². The minimum absolute atomic E-state index is 0.324. The third kappa shape index (κ3) is 5.33. The number of pyridine rings is 1. The topological polar surface area (TPSA) is 127 Å². The Hall–Kier alpha value is -3.96. The van der Waals surface area contributed by atoms with Crippen LogP contribution in [-0.4, -0.2) is 50.6 Å². The molecule has 0 saturated carbocycles. The van der Waals surface area contributed by atoms with Gasteiger partial charge in [-0.2, -0.15) is 4.98 Å². The lowest BCUT2D eigenvalue weighted by molar-refractivity contribution is 0.0398. The van der Waals surface area contributed by atoms with E-state index in [1.807, 2.05) is 25.1 Å². The highest BCUT2D eigenvalue weighted by molar-refractivity contribution is 7.14. The molecule has 0 aromatic carbocycles. The number of esters is 1. The van der Waals surface area contributed by atoms with Gasteiger partial charge in [0.1, 0.15) is 17.3 Å². The minimum Gasteiger partial charge on any atom is -0.462 e. The van der Waals surface area contributed by atoms with Crippen molar-refractivity contribution in [2.45, 2.75) is 6.92 Å². The highest BCUT2D eigenvalue weighted by Crippen LogP contribution is 2.25. The van der Waals surface area contributed by atoms with Gasteiger partial charge in [0, 0.05) is 42.5 Å². The Morgan fingerprint density at radius 2 is 1.91 bits per heavy atom. The van der Waals surface area contributed by atoms with E-state index in [2.05, 4.69) is 40.9 Å². The van der Waals surface area contributed by atoms with Gasteiger partial charge in [0.15, 0.2) is 5.82 Å². The second-order valence-corrected chi connectivity index (χ2v) is 8.68. The van der Waals surface area contributed by atoms with Gasteiger partial charge in [-0.1, -0.05) is 6.07 Å². The molecule has 4 aromatic rings. The van der Waals surface area contributed by atoms with E-state index in [4.69, 9.17) is 4.74 Å². The van der Waals surface area contributed by atoms with E-state index in [1.54, 1.807) is 36.0 Å². The lowest BCUT2D eigenvalue weighted by atomic mass is 10.1. The molecule has 0 spiro atoms. The number of nitrogens with zero attached hydrogens (tertiary/aromatic N) is 5. The number of carbonyl (C=O) groups excluding carboxylic acids is 1. The number of thiophene rings is 1. The monoisotopic (exact) mass is 474 g/mol. The third-order valence-corrected chi connectivity index (χ3v) is 5.92. The fourth-order valence-electron chi connectivity index (χ4n) is 3.20. The molecule has 1 aliphatic rings. The first-order valence-electron chi connectivity index (χ1n) is 10.7. The molecule has 10 nitrogen and oxygen atoms in total. The number of nitrogens with one attached hydrogen (secondary N) is 3. The van der Waals surface area contributed by atoms with Crippen LogP contribution < -0.4 is 16.0 Å². The molecular weight excluding hydrogens is 452 g/mol. The maximum atomic E-state index is 12.2. The van der Waals surface area contributed by atoms with Crippen LogP contribution >= 0.6 is 11.3 Å². The first-order chi connectivity index (χ1) is 16.6. The predicted octanol–water partition coefficient (Wildman–Crippen LogP) is 3.56. The molecule has 0 radical (unpaired) electrons. The molecular formula is C23H22N8O2S. The van der Waals surface area contributed by atoms with E-state index in [0.29, 0.717) is 47.2 Å². The fourth-order valence-corrected chi connectivity index (χ4v) is 3.96. The third-order valence-electron chi connectivity index (χ3n) is 5.07. The maximum Gasteiger partial charge on any atom is 0.339 e. The predicted molar refractivity (Wildman–Crippen MR) is 130 cm³/mol. The zero-order valence-corrected chi connectivity index (χ0v) is 19.2. The molecule has 0 bridgehead atoms. The van der Waals surface area contributed by atoms with Gasteiger partial charge in [-0.15, -0.1) is 11.3 Å². The number of carbonyl (C=O) groups is 1. The van der Waals surface area contributed by atoms with Crippen molar-refractivity contribution in [3.63, 3.8) is 0 Å². The van der Waals surface area contributed by atoms with Crippen molar-refractivity contribution in [1.29, 1.82) is 0 Å². The van der Waals surface area contributed by atoms with E-state index in [-0.39, 0.29) is 5.97 Å². The lowest BCUT2D eigenvalue weighted by Crippen LogP contribution is -2.44. The molecule has 172 valence electrons. The van der Waals surface area contributed by atoms with Crippen LogP contribution in [0.2, 0.25) is 0 Å². The first kappa shape index (κ1) is 21.9. The Bertz CT molecular complexity index is 1310. The summed E-state index contributed by atoms with van der Waals surface area (Å²) < 4.78 is 5.37. The van der Waals surface area contributed by atoms with E-state index in [9.17, 15) is 4.79 Å². The Balaban J connectivity index is 1.23. The van der Waals surface area contributed by atoms with Crippen LogP contribution in [0.15, 0.2) is 54.2 Å². The Kier molecular flexibility index (Phi) is 6.36. The Labute approximate surface area is 199 Å². The van der Waals surface area contributed by atoms with Crippen LogP contribution in [0.4, 0.5) is 22.6 Å². The number of hydrogen-bond acceptors (Lipinski definition) is 11. The Morgan fingerprint density at radius 3 is 2.71 bits per heavy atom. The number of aromatic nitrogens is 5. The highest BCUT2D eigenvalue weighted by atomic mass is 32.1. The van der Waals surface area contributed by atoms with Crippen LogP contribution in [-0.2, 0) is 4.74 Å². The van der Waals surface area contributed by atoms with Gasteiger partial charge < -0.3 is 20.7 Å². The number of hydrogen-bond donors (Lipinski definition) is 3. The molecule has 4 aromatic heterocycles. The summed E-state index contributed by atoms with van der Waals surface area (Å²) in [5.74, 6) is 2.14. The first-order valence-corrected chi connectivity index (χ1v) is 11.6. The Morgan fingerprint density at radius 1 is 1.09 bits per heavy atom. The van der Waals surface area contributed by atoms with E-state index in [1.165, 1.54) is 11.3 Å². The second kappa shape index (κ2) is 9.89.